The zero-order chi connectivity index (χ0) is 18.9. The fourth-order valence-corrected chi connectivity index (χ4v) is 2.44. The van der Waals surface area contributed by atoms with Gasteiger partial charge in [0.1, 0.15) is 4.99 Å². The molecule has 2 rings (SSSR count). The summed E-state index contributed by atoms with van der Waals surface area (Å²) in [5.74, 6) is 1.06. The molecule has 0 unspecified atom stereocenters. The molecule has 1 aromatic carbocycles. The lowest BCUT2D eigenvalue weighted by Gasteiger charge is -2.17. The summed E-state index contributed by atoms with van der Waals surface area (Å²) in [4.78, 5) is 19.0. The van der Waals surface area contributed by atoms with E-state index in [2.05, 4.69) is 11.1 Å². The molecule has 0 saturated carbocycles. The molecule has 0 atom stereocenters. The summed E-state index contributed by atoms with van der Waals surface area (Å²) < 4.78 is 10.4. The van der Waals surface area contributed by atoms with Crippen LogP contribution in [-0.2, 0) is 0 Å². The molecule has 1 aliphatic heterocycles. The number of hydrogen-bond donors (Lipinski definition) is 0. The van der Waals surface area contributed by atoms with Crippen molar-refractivity contribution in [3.05, 3.63) is 59.8 Å². The fraction of sp³-hybridized carbons (Fsp3) is 0.250. The van der Waals surface area contributed by atoms with E-state index in [-0.39, 0.29) is 12.3 Å². The standard InChI is InChI=1S/C20H22N2O3S/c1-22(20(26)10-7-15-6-4-5-11-21-13-15)14-17(23)16-8-9-18(24-2)19(12-16)25-3/h5-13H,4,14H2,1-3H3/b10-7+. The topological polar surface area (TPSA) is 51.1 Å². The Morgan fingerprint density at radius 3 is 2.81 bits per heavy atom. The maximum atomic E-state index is 12.5. The third kappa shape index (κ3) is 5.39. The van der Waals surface area contributed by atoms with E-state index in [0.29, 0.717) is 22.1 Å². The van der Waals surface area contributed by atoms with Gasteiger partial charge in [0.15, 0.2) is 17.3 Å². The molecule has 0 fully saturated rings. The Morgan fingerprint density at radius 2 is 2.08 bits per heavy atom. The number of methoxy groups -OCH3 is 2. The summed E-state index contributed by atoms with van der Waals surface area (Å²) in [5.41, 5.74) is 1.53. The van der Waals surface area contributed by atoms with Crippen LogP contribution in [0, 0.1) is 0 Å². The summed E-state index contributed by atoms with van der Waals surface area (Å²) in [5, 5.41) is 0. The Balaban J connectivity index is 2.00. The first-order chi connectivity index (χ1) is 12.5. The van der Waals surface area contributed by atoms with Gasteiger partial charge in [-0.3, -0.25) is 9.79 Å². The summed E-state index contributed by atoms with van der Waals surface area (Å²) in [6, 6.07) is 5.11. The number of carbonyl (C=O) groups excluding carboxylic acids is 1. The van der Waals surface area contributed by atoms with Crippen molar-refractivity contribution in [1.29, 1.82) is 0 Å². The molecular weight excluding hydrogens is 348 g/mol. The number of allylic oxidation sites excluding steroid dienone is 4. The molecule has 0 bridgehead atoms. The Hall–Kier alpha value is -2.73. The average Bonchev–Trinajstić information content (AvgIpc) is 2.94. The molecule has 136 valence electrons. The van der Waals surface area contributed by atoms with Crippen LogP contribution in [0.1, 0.15) is 16.8 Å². The lowest BCUT2D eigenvalue weighted by molar-refractivity contribution is 0.0971. The molecule has 5 nitrogen and oxygen atoms in total. The molecule has 1 heterocycles. The summed E-state index contributed by atoms with van der Waals surface area (Å²) in [6.45, 7) is 0.174. The van der Waals surface area contributed by atoms with Gasteiger partial charge >= 0.3 is 0 Å². The van der Waals surface area contributed by atoms with E-state index in [1.54, 1.807) is 62.9 Å². The maximum absolute atomic E-state index is 12.5. The molecule has 0 aromatic heterocycles. The minimum Gasteiger partial charge on any atom is -0.493 e. The first-order valence-corrected chi connectivity index (χ1v) is 8.52. The van der Waals surface area contributed by atoms with Gasteiger partial charge in [0.25, 0.3) is 0 Å². The van der Waals surface area contributed by atoms with Gasteiger partial charge in [-0.05, 0) is 36.3 Å². The fourth-order valence-electron chi connectivity index (χ4n) is 2.31. The molecule has 26 heavy (non-hydrogen) atoms. The van der Waals surface area contributed by atoms with Crippen molar-refractivity contribution in [1.82, 2.24) is 4.90 Å². The highest BCUT2D eigenvalue weighted by Crippen LogP contribution is 2.27. The number of thiocarbonyl (C=S) groups is 1. The number of rotatable bonds is 7. The first kappa shape index (κ1) is 19.6. The van der Waals surface area contributed by atoms with E-state index >= 15 is 0 Å². The number of ether oxygens (including phenoxy) is 2. The SMILES string of the molecule is COc1ccc(C(=O)CN(C)C(=S)/C=C/C2=CCC=CN=C2)cc1OC. The van der Waals surface area contributed by atoms with Crippen LogP contribution in [0.25, 0.3) is 0 Å². The van der Waals surface area contributed by atoms with Crippen molar-refractivity contribution in [2.45, 2.75) is 6.42 Å². The highest BCUT2D eigenvalue weighted by atomic mass is 32.1. The van der Waals surface area contributed by atoms with Crippen molar-refractivity contribution in [3.63, 3.8) is 0 Å². The molecule has 1 aliphatic rings. The second-order valence-corrected chi connectivity index (χ2v) is 6.04. The largest absolute Gasteiger partial charge is 0.493 e. The first-order valence-electron chi connectivity index (χ1n) is 8.12. The van der Waals surface area contributed by atoms with Crippen LogP contribution in [0.15, 0.2) is 59.3 Å². The van der Waals surface area contributed by atoms with Crippen LogP contribution in [0.2, 0.25) is 0 Å². The van der Waals surface area contributed by atoms with Crippen LogP contribution in [0.5, 0.6) is 11.5 Å². The minimum atomic E-state index is -0.0522. The number of carbonyl (C=O) groups is 1. The molecule has 1 aromatic rings. The third-order valence-electron chi connectivity index (χ3n) is 3.79. The van der Waals surface area contributed by atoms with Gasteiger partial charge in [-0.2, -0.15) is 0 Å². The molecule has 0 saturated heterocycles. The smallest absolute Gasteiger partial charge is 0.182 e. The predicted molar refractivity (Wildman–Crippen MR) is 109 cm³/mol. The Morgan fingerprint density at radius 1 is 1.31 bits per heavy atom. The van der Waals surface area contributed by atoms with Gasteiger partial charge < -0.3 is 14.4 Å². The van der Waals surface area contributed by atoms with E-state index in [1.165, 1.54) is 0 Å². The molecular formula is C20H22N2O3S. The highest BCUT2D eigenvalue weighted by molar-refractivity contribution is 7.80. The van der Waals surface area contributed by atoms with Crippen LogP contribution in [-0.4, -0.2) is 49.7 Å². The number of aliphatic imine (C=N–C) groups is 1. The number of hydrogen-bond acceptors (Lipinski definition) is 5. The number of Topliss-reactive ketones (excluding diaryl/α,β-unsaturated/α-hetero) is 1. The van der Waals surface area contributed by atoms with Gasteiger partial charge in [-0.1, -0.05) is 30.4 Å². The molecule has 0 radical (unpaired) electrons. The Bertz CT molecular complexity index is 794. The Labute approximate surface area is 159 Å². The van der Waals surface area contributed by atoms with Crippen molar-refractivity contribution >= 4 is 29.2 Å². The average molecular weight is 370 g/mol. The van der Waals surface area contributed by atoms with Crippen molar-refractivity contribution in [2.75, 3.05) is 27.8 Å². The van der Waals surface area contributed by atoms with Crippen LogP contribution < -0.4 is 9.47 Å². The molecule has 0 spiro atoms. The van der Waals surface area contributed by atoms with Crippen molar-refractivity contribution in [3.8, 4) is 11.5 Å². The van der Waals surface area contributed by atoms with Gasteiger partial charge in [-0.25, -0.2) is 0 Å². The molecule has 6 heteroatoms. The van der Waals surface area contributed by atoms with E-state index in [9.17, 15) is 4.79 Å². The second kappa shape index (κ2) is 9.68. The molecule has 0 N–H and O–H groups in total. The summed E-state index contributed by atoms with van der Waals surface area (Å²) in [7, 11) is 4.89. The number of ketones is 1. The van der Waals surface area contributed by atoms with Gasteiger partial charge in [0, 0.05) is 25.0 Å². The lowest BCUT2D eigenvalue weighted by Crippen LogP contribution is -2.29. The zero-order valence-electron chi connectivity index (χ0n) is 15.1. The number of nitrogens with zero attached hydrogens (tertiary/aromatic N) is 2. The normalized spacial score (nSPS) is 13.3. The summed E-state index contributed by atoms with van der Waals surface area (Å²) >= 11 is 5.39. The monoisotopic (exact) mass is 370 g/mol. The highest BCUT2D eigenvalue weighted by Gasteiger charge is 2.13. The Kier molecular flexibility index (Phi) is 7.29. The van der Waals surface area contributed by atoms with Crippen LogP contribution in [0.4, 0.5) is 0 Å². The molecule has 0 aliphatic carbocycles. The quantitative estimate of drug-likeness (QED) is 0.417. The summed E-state index contributed by atoms with van der Waals surface area (Å²) in [6.07, 6.45) is 12.1. The van der Waals surface area contributed by atoms with Crippen LogP contribution in [0.3, 0.4) is 0 Å². The number of likely N-dealkylation sites (N-methyl/N-ethyl adjacent to an activating group) is 1. The lowest BCUT2D eigenvalue weighted by atomic mass is 10.1. The van der Waals surface area contributed by atoms with E-state index in [1.807, 2.05) is 12.2 Å². The van der Waals surface area contributed by atoms with E-state index in [4.69, 9.17) is 21.7 Å². The van der Waals surface area contributed by atoms with Gasteiger partial charge in [0.05, 0.1) is 20.8 Å². The van der Waals surface area contributed by atoms with Gasteiger partial charge in [0.2, 0.25) is 0 Å². The minimum absolute atomic E-state index is 0.0522. The third-order valence-corrected chi connectivity index (χ3v) is 4.23. The van der Waals surface area contributed by atoms with Gasteiger partial charge in [-0.15, -0.1) is 0 Å². The van der Waals surface area contributed by atoms with Crippen molar-refractivity contribution < 1.29 is 14.3 Å². The molecule has 0 amide bonds. The van der Waals surface area contributed by atoms with Crippen molar-refractivity contribution in [2.24, 2.45) is 4.99 Å². The number of benzene rings is 1. The zero-order valence-corrected chi connectivity index (χ0v) is 16.0. The van der Waals surface area contributed by atoms with E-state index in [0.717, 1.165) is 12.0 Å². The second-order valence-electron chi connectivity index (χ2n) is 5.62. The predicted octanol–water partition coefficient (Wildman–Crippen LogP) is 3.62. The van der Waals surface area contributed by atoms with Crippen LogP contribution >= 0.6 is 12.2 Å². The van der Waals surface area contributed by atoms with E-state index < -0.39 is 0 Å². The maximum Gasteiger partial charge on any atom is 0.182 e.